The van der Waals surface area contributed by atoms with Gasteiger partial charge in [-0.3, -0.25) is 0 Å². The van der Waals surface area contributed by atoms with Gasteiger partial charge in [0.15, 0.2) is 0 Å². The van der Waals surface area contributed by atoms with Gasteiger partial charge in [-0.1, -0.05) is 147 Å². The van der Waals surface area contributed by atoms with Crippen LogP contribution in [0.4, 0.5) is 0 Å². The molecule has 6 aromatic carbocycles. The maximum Gasteiger partial charge on any atom is 0.0147 e. The van der Waals surface area contributed by atoms with Crippen molar-refractivity contribution in [3.63, 3.8) is 0 Å². The van der Waals surface area contributed by atoms with Crippen LogP contribution in [0.25, 0.3) is 54.6 Å². The van der Waals surface area contributed by atoms with Crippen molar-refractivity contribution in [2.75, 3.05) is 0 Å². The zero-order valence-corrected chi connectivity index (χ0v) is 24.3. The summed E-state index contributed by atoms with van der Waals surface area (Å²) in [6.45, 7) is 8.69. The van der Waals surface area contributed by atoms with Gasteiger partial charge in [0.2, 0.25) is 0 Å². The minimum atomic E-state index is -0.135. The minimum absolute atomic E-state index is 0.135. The highest BCUT2D eigenvalue weighted by Gasteiger charge is 2.29. The van der Waals surface area contributed by atoms with Crippen LogP contribution < -0.4 is 0 Å². The molecule has 7 rings (SSSR count). The van der Waals surface area contributed by atoms with Crippen LogP contribution in [0.5, 0.6) is 0 Å². The van der Waals surface area contributed by atoms with Gasteiger partial charge in [-0.2, -0.15) is 0 Å². The molecule has 0 spiro atoms. The Morgan fingerprint density at radius 3 is 2.19 bits per heavy atom. The van der Waals surface area contributed by atoms with Gasteiger partial charge in [0.1, 0.15) is 0 Å². The average molecular weight is 539 g/mol. The van der Waals surface area contributed by atoms with E-state index in [-0.39, 0.29) is 5.41 Å². The Hall–Kier alpha value is -4.94. The molecule has 1 aliphatic rings. The number of allylic oxidation sites excluding steroid dienone is 7. The van der Waals surface area contributed by atoms with E-state index in [1.807, 2.05) is 6.08 Å². The zero-order valence-electron chi connectivity index (χ0n) is 24.3. The Kier molecular flexibility index (Phi) is 6.48. The molecule has 42 heavy (non-hydrogen) atoms. The molecule has 6 aromatic rings. The van der Waals surface area contributed by atoms with Gasteiger partial charge in [-0.15, -0.1) is 0 Å². The Labute approximate surface area is 248 Å². The first-order valence-corrected chi connectivity index (χ1v) is 14.8. The summed E-state index contributed by atoms with van der Waals surface area (Å²) in [5.41, 5.74) is 8.81. The second-order valence-electron chi connectivity index (χ2n) is 11.6. The Morgan fingerprint density at radius 1 is 0.690 bits per heavy atom. The van der Waals surface area contributed by atoms with E-state index in [4.69, 9.17) is 0 Å². The van der Waals surface area contributed by atoms with Crippen LogP contribution in [-0.2, 0) is 5.41 Å². The van der Waals surface area contributed by atoms with E-state index in [0.29, 0.717) is 0 Å². The van der Waals surface area contributed by atoms with Gasteiger partial charge in [0.05, 0.1) is 0 Å². The lowest BCUT2D eigenvalue weighted by molar-refractivity contribution is 0.610. The molecule has 1 aliphatic carbocycles. The summed E-state index contributed by atoms with van der Waals surface area (Å²) in [4.78, 5) is 0. The highest BCUT2D eigenvalue weighted by Crippen LogP contribution is 2.45. The lowest BCUT2D eigenvalue weighted by Crippen LogP contribution is -2.21. The Bertz CT molecular complexity index is 2080. The highest BCUT2D eigenvalue weighted by atomic mass is 14.3. The van der Waals surface area contributed by atoms with Gasteiger partial charge in [-0.25, -0.2) is 0 Å². The summed E-state index contributed by atoms with van der Waals surface area (Å²) in [6, 6.07) is 42.2. The summed E-state index contributed by atoms with van der Waals surface area (Å²) in [5, 5.41) is 7.64. The molecule has 0 fully saturated rings. The SMILES string of the molecule is C=C/C(=C\C)c1c2ccccc2c(-c2ccccc2)c2ccc(C3(C)C=CC=C(c4ccc5ccccc5c4)C3)cc12. The Balaban J connectivity index is 1.43. The van der Waals surface area contributed by atoms with Crippen molar-refractivity contribution in [3.8, 4) is 11.1 Å². The maximum absolute atomic E-state index is 4.21. The number of hydrogen-bond donors (Lipinski definition) is 0. The molecule has 0 heteroatoms. The van der Waals surface area contributed by atoms with Crippen LogP contribution >= 0.6 is 0 Å². The van der Waals surface area contributed by atoms with Crippen LogP contribution in [0.15, 0.2) is 152 Å². The van der Waals surface area contributed by atoms with E-state index in [1.165, 1.54) is 65.7 Å². The molecule has 0 aliphatic heterocycles. The second-order valence-corrected chi connectivity index (χ2v) is 11.6. The third-order valence-corrected chi connectivity index (χ3v) is 9.00. The minimum Gasteiger partial charge on any atom is -0.0985 e. The molecule has 0 saturated heterocycles. The molecule has 0 heterocycles. The summed E-state index contributed by atoms with van der Waals surface area (Å²) in [7, 11) is 0. The fraction of sp³-hybridized carbons (Fsp3) is 0.0952. The van der Waals surface area contributed by atoms with Crippen LogP contribution in [0, 0.1) is 0 Å². The van der Waals surface area contributed by atoms with Crippen molar-refractivity contribution in [1.82, 2.24) is 0 Å². The molecule has 0 bridgehead atoms. The topological polar surface area (TPSA) is 0 Å². The number of fused-ring (bicyclic) bond motifs is 3. The van der Waals surface area contributed by atoms with Crippen molar-refractivity contribution < 1.29 is 0 Å². The van der Waals surface area contributed by atoms with E-state index >= 15 is 0 Å². The molecule has 1 unspecified atom stereocenters. The molecule has 202 valence electrons. The summed E-state index contributed by atoms with van der Waals surface area (Å²) < 4.78 is 0. The highest BCUT2D eigenvalue weighted by molar-refractivity contribution is 6.19. The smallest absolute Gasteiger partial charge is 0.0147 e. The first-order valence-electron chi connectivity index (χ1n) is 14.8. The summed E-state index contributed by atoms with van der Waals surface area (Å²) >= 11 is 0. The van der Waals surface area contributed by atoms with E-state index in [9.17, 15) is 0 Å². The molecular formula is C42H34. The van der Waals surface area contributed by atoms with Crippen LogP contribution in [0.1, 0.15) is 37.0 Å². The fourth-order valence-electron chi connectivity index (χ4n) is 6.80. The number of hydrogen-bond acceptors (Lipinski definition) is 0. The molecule has 0 N–H and O–H groups in total. The first-order chi connectivity index (χ1) is 20.6. The molecule has 1 atom stereocenters. The lowest BCUT2D eigenvalue weighted by Gasteiger charge is -2.31. The third-order valence-electron chi connectivity index (χ3n) is 9.00. The van der Waals surface area contributed by atoms with Crippen molar-refractivity contribution in [2.24, 2.45) is 0 Å². The predicted molar refractivity (Wildman–Crippen MR) is 184 cm³/mol. The van der Waals surface area contributed by atoms with Gasteiger partial charge < -0.3 is 0 Å². The van der Waals surface area contributed by atoms with Gasteiger partial charge in [0, 0.05) is 5.41 Å². The largest absolute Gasteiger partial charge is 0.0985 e. The van der Waals surface area contributed by atoms with E-state index in [0.717, 1.165) is 12.0 Å². The van der Waals surface area contributed by atoms with E-state index < -0.39 is 0 Å². The van der Waals surface area contributed by atoms with E-state index in [2.05, 4.69) is 160 Å². The summed E-state index contributed by atoms with van der Waals surface area (Å²) in [5.74, 6) is 0. The molecule has 0 nitrogen and oxygen atoms in total. The first kappa shape index (κ1) is 26.0. The second kappa shape index (κ2) is 10.5. The number of rotatable bonds is 5. The van der Waals surface area contributed by atoms with Crippen LogP contribution in [0.2, 0.25) is 0 Å². The summed E-state index contributed by atoms with van der Waals surface area (Å²) in [6.07, 6.45) is 12.0. The molecular weight excluding hydrogens is 504 g/mol. The molecule has 0 aromatic heterocycles. The van der Waals surface area contributed by atoms with Crippen LogP contribution in [-0.4, -0.2) is 0 Å². The number of benzene rings is 6. The van der Waals surface area contributed by atoms with Crippen LogP contribution in [0.3, 0.4) is 0 Å². The lowest BCUT2D eigenvalue weighted by atomic mass is 9.72. The molecule has 0 saturated carbocycles. The predicted octanol–water partition coefficient (Wildman–Crippen LogP) is 11.7. The standard InChI is InChI=1S/C42H34/c1-4-29(5-2)40-36-19-11-12-20-37(36)41(31-15-7-6-8-16-31)38-24-23-35(27-39(38)40)42(3)25-13-18-34(28-42)33-22-21-30-14-9-10-17-32(30)26-33/h4-27H,1,28H2,2-3H3/b29-5+. The van der Waals surface area contributed by atoms with Crippen molar-refractivity contribution in [2.45, 2.75) is 25.7 Å². The van der Waals surface area contributed by atoms with Crippen molar-refractivity contribution >= 4 is 43.5 Å². The van der Waals surface area contributed by atoms with Crippen molar-refractivity contribution in [1.29, 1.82) is 0 Å². The third kappa shape index (κ3) is 4.32. The average Bonchev–Trinajstić information content (AvgIpc) is 3.05. The molecule has 0 amide bonds. The zero-order chi connectivity index (χ0) is 28.7. The Morgan fingerprint density at radius 2 is 1.40 bits per heavy atom. The maximum atomic E-state index is 4.21. The van der Waals surface area contributed by atoms with Crippen molar-refractivity contribution in [3.05, 3.63) is 169 Å². The van der Waals surface area contributed by atoms with Gasteiger partial charge in [0.25, 0.3) is 0 Å². The molecule has 0 radical (unpaired) electrons. The quantitative estimate of drug-likeness (QED) is 0.151. The van der Waals surface area contributed by atoms with Gasteiger partial charge in [-0.05, 0) is 96.8 Å². The van der Waals surface area contributed by atoms with E-state index in [1.54, 1.807) is 0 Å². The fourth-order valence-corrected chi connectivity index (χ4v) is 6.80. The van der Waals surface area contributed by atoms with Gasteiger partial charge >= 0.3 is 0 Å². The monoisotopic (exact) mass is 538 g/mol. The normalized spacial score (nSPS) is 17.1.